The minimum absolute atomic E-state index is 0. The first-order chi connectivity index (χ1) is 14.8. The van der Waals surface area contributed by atoms with Crippen molar-refractivity contribution < 1.29 is 0 Å². The van der Waals surface area contributed by atoms with Crippen LogP contribution in [0.3, 0.4) is 0 Å². The van der Waals surface area contributed by atoms with Crippen molar-refractivity contribution in [2.24, 2.45) is 4.99 Å². The van der Waals surface area contributed by atoms with Crippen LogP contribution in [0.1, 0.15) is 18.3 Å². The zero-order valence-corrected chi connectivity index (χ0v) is 20.4. The number of nitrogens with zero attached hydrogens (tertiary/aromatic N) is 4. The highest BCUT2D eigenvalue weighted by atomic mass is 127. The first-order valence-electron chi connectivity index (χ1n) is 9.94. The van der Waals surface area contributed by atoms with Gasteiger partial charge in [0.2, 0.25) is 0 Å². The molecule has 4 rings (SSSR count). The van der Waals surface area contributed by atoms with Crippen molar-refractivity contribution in [3.8, 4) is 0 Å². The minimum Gasteiger partial charge on any atom is -0.357 e. The number of hydrogen-bond donors (Lipinski definition) is 2. The van der Waals surface area contributed by atoms with Crippen molar-refractivity contribution in [2.75, 3.05) is 6.54 Å². The van der Waals surface area contributed by atoms with Crippen LogP contribution in [0.25, 0.3) is 5.65 Å². The van der Waals surface area contributed by atoms with E-state index in [1.165, 1.54) is 9.79 Å². The van der Waals surface area contributed by atoms with E-state index in [-0.39, 0.29) is 24.0 Å². The minimum atomic E-state index is 0. The number of aliphatic imine (C=N–C) groups is 1. The van der Waals surface area contributed by atoms with Gasteiger partial charge >= 0.3 is 0 Å². The molecule has 0 aliphatic carbocycles. The van der Waals surface area contributed by atoms with Crippen molar-refractivity contribution >= 4 is 47.3 Å². The number of guanidine groups is 1. The lowest BCUT2D eigenvalue weighted by Gasteiger charge is -2.10. The van der Waals surface area contributed by atoms with Crippen LogP contribution in [0, 0.1) is 0 Å². The van der Waals surface area contributed by atoms with Crippen LogP contribution in [-0.4, -0.2) is 27.1 Å². The van der Waals surface area contributed by atoms with Crippen LogP contribution in [-0.2, 0) is 13.1 Å². The van der Waals surface area contributed by atoms with E-state index in [1.54, 1.807) is 11.8 Å². The molecule has 2 aromatic heterocycles. The summed E-state index contributed by atoms with van der Waals surface area (Å²) in [7, 11) is 0. The standard InChI is InChI=1S/C23H24N6S.HI/c1-2-24-23(26-17-22-28-27-21-10-6-7-15-29(21)22)25-16-18-11-13-20(14-12-18)30-19-8-4-3-5-9-19;/h3-15H,2,16-17H2,1H3,(H2,24,25,26);1H. The highest BCUT2D eigenvalue weighted by molar-refractivity contribution is 14.0. The largest absolute Gasteiger partial charge is 0.357 e. The molecular weight excluding hydrogens is 519 g/mol. The molecule has 2 aromatic carbocycles. The Kier molecular flexibility index (Phi) is 8.72. The second kappa shape index (κ2) is 11.7. The summed E-state index contributed by atoms with van der Waals surface area (Å²) in [5, 5.41) is 15.1. The van der Waals surface area contributed by atoms with Crippen molar-refractivity contribution in [1.29, 1.82) is 0 Å². The van der Waals surface area contributed by atoms with Gasteiger partial charge < -0.3 is 10.6 Å². The maximum atomic E-state index is 4.71. The molecule has 0 aliphatic rings. The summed E-state index contributed by atoms with van der Waals surface area (Å²) < 4.78 is 1.97. The van der Waals surface area contributed by atoms with Gasteiger partial charge in [-0.25, -0.2) is 4.99 Å². The zero-order chi connectivity index (χ0) is 20.6. The predicted molar refractivity (Wildman–Crippen MR) is 137 cm³/mol. The third-order valence-electron chi connectivity index (χ3n) is 4.46. The molecule has 0 atom stereocenters. The van der Waals surface area contributed by atoms with Gasteiger partial charge in [-0.2, -0.15) is 0 Å². The van der Waals surface area contributed by atoms with E-state index in [0.29, 0.717) is 13.1 Å². The van der Waals surface area contributed by atoms with Gasteiger partial charge in [0.1, 0.15) is 0 Å². The molecule has 0 unspecified atom stereocenters. The Morgan fingerprint density at radius 2 is 1.65 bits per heavy atom. The van der Waals surface area contributed by atoms with Crippen molar-refractivity contribution in [2.45, 2.75) is 29.8 Å². The summed E-state index contributed by atoms with van der Waals surface area (Å²) in [6, 6.07) is 24.8. The van der Waals surface area contributed by atoms with E-state index in [1.807, 2.05) is 34.9 Å². The maximum absolute atomic E-state index is 4.71. The van der Waals surface area contributed by atoms with E-state index >= 15 is 0 Å². The normalized spacial score (nSPS) is 11.2. The lowest BCUT2D eigenvalue weighted by Crippen LogP contribution is -2.37. The molecule has 0 radical (unpaired) electrons. The molecule has 0 bridgehead atoms. The van der Waals surface area contributed by atoms with Gasteiger partial charge in [-0.05, 0) is 48.9 Å². The average molecular weight is 544 g/mol. The summed E-state index contributed by atoms with van der Waals surface area (Å²) in [4.78, 5) is 7.17. The molecule has 2 heterocycles. The second-order valence-corrected chi connectivity index (χ2v) is 7.80. The number of rotatable bonds is 7. The second-order valence-electron chi connectivity index (χ2n) is 6.65. The molecule has 0 saturated carbocycles. The van der Waals surface area contributed by atoms with Crippen LogP contribution < -0.4 is 10.6 Å². The topological polar surface area (TPSA) is 66.6 Å². The number of hydrogen-bond acceptors (Lipinski definition) is 4. The van der Waals surface area contributed by atoms with Crippen LogP contribution in [0.2, 0.25) is 0 Å². The molecule has 2 N–H and O–H groups in total. The SMILES string of the molecule is CCNC(=NCc1ccc(Sc2ccccc2)cc1)NCc1nnc2ccccn12.I. The number of fused-ring (bicyclic) bond motifs is 1. The molecule has 0 saturated heterocycles. The molecule has 0 amide bonds. The smallest absolute Gasteiger partial charge is 0.191 e. The van der Waals surface area contributed by atoms with Crippen LogP contribution in [0.5, 0.6) is 0 Å². The van der Waals surface area contributed by atoms with Crippen LogP contribution in [0.15, 0.2) is 93.8 Å². The van der Waals surface area contributed by atoms with Gasteiger partial charge in [0, 0.05) is 22.5 Å². The number of halogens is 1. The number of aromatic nitrogens is 3. The molecule has 6 nitrogen and oxygen atoms in total. The lowest BCUT2D eigenvalue weighted by atomic mass is 10.2. The first-order valence-corrected chi connectivity index (χ1v) is 10.8. The monoisotopic (exact) mass is 544 g/mol. The van der Waals surface area contributed by atoms with Gasteiger partial charge in [0.05, 0.1) is 13.1 Å². The fourth-order valence-electron chi connectivity index (χ4n) is 2.97. The summed E-state index contributed by atoms with van der Waals surface area (Å²) in [6.07, 6.45) is 1.96. The number of pyridine rings is 1. The highest BCUT2D eigenvalue weighted by Crippen LogP contribution is 2.27. The molecule has 160 valence electrons. The van der Waals surface area contributed by atoms with Gasteiger partial charge in [0.15, 0.2) is 17.4 Å². The van der Waals surface area contributed by atoms with Crippen LogP contribution >= 0.6 is 35.7 Å². The molecule has 0 aliphatic heterocycles. The highest BCUT2D eigenvalue weighted by Gasteiger charge is 2.06. The van der Waals surface area contributed by atoms with E-state index < -0.39 is 0 Å². The zero-order valence-electron chi connectivity index (χ0n) is 17.2. The maximum Gasteiger partial charge on any atom is 0.191 e. The summed E-state index contributed by atoms with van der Waals surface area (Å²) in [5.74, 6) is 1.60. The van der Waals surface area contributed by atoms with E-state index in [4.69, 9.17) is 4.99 Å². The fourth-order valence-corrected chi connectivity index (χ4v) is 3.81. The Morgan fingerprint density at radius 1 is 0.903 bits per heavy atom. The van der Waals surface area contributed by atoms with E-state index in [0.717, 1.165) is 29.5 Å². The third-order valence-corrected chi connectivity index (χ3v) is 5.48. The fraction of sp³-hybridized carbons (Fsp3) is 0.174. The molecule has 0 fully saturated rings. The summed E-state index contributed by atoms with van der Waals surface area (Å²) in [6.45, 7) is 3.99. The van der Waals surface area contributed by atoms with Gasteiger partial charge in [0.25, 0.3) is 0 Å². The molecule has 4 aromatic rings. The predicted octanol–water partition coefficient (Wildman–Crippen LogP) is 4.75. The Bertz CT molecular complexity index is 1110. The summed E-state index contributed by atoms with van der Waals surface area (Å²) >= 11 is 1.76. The average Bonchev–Trinajstić information content (AvgIpc) is 3.20. The Labute approximate surface area is 203 Å². The quantitative estimate of drug-likeness (QED) is 0.200. The van der Waals surface area contributed by atoms with Gasteiger partial charge in [-0.15, -0.1) is 34.2 Å². The first kappa shape index (κ1) is 23.1. The Hall–Kier alpha value is -2.59. The number of benzene rings is 2. The van der Waals surface area contributed by atoms with Crippen molar-refractivity contribution in [1.82, 2.24) is 25.2 Å². The molecule has 0 spiro atoms. The molecular formula is C23H25IN6S. The Morgan fingerprint density at radius 3 is 2.42 bits per heavy atom. The summed E-state index contributed by atoms with van der Waals surface area (Å²) in [5.41, 5.74) is 2.00. The van der Waals surface area contributed by atoms with Crippen molar-refractivity contribution in [3.05, 3.63) is 90.4 Å². The third kappa shape index (κ3) is 6.44. The van der Waals surface area contributed by atoms with Crippen molar-refractivity contribution in [3.63, 3.8) is 0 Å². The van der Waals surface area contributed by atoms with E-state index in [9.17, 15) is 0 Å². The van der Waals surface area contributed by atoms with Crippen LogP contribution in [0.4, 0.5) is 0 Å². The Balaban J connectivity index is 0.00000272. The van der Waals surface area contributed by atoms with Gasteiger partial charge in [-0.3, -0.25) is 4.40 Å². The number of nitrogens with one attached hydrogen (secondary N) is 2. The lowest BCUT2D eigenvalue weighted by molar-refractivity contribution is 0.765. The van der Waals surface area contributed by atoms with Gasteiger partial charge in [-0.1, -0.05) is 48.2 Å². The molecule has 8 heteroatoms. The van der Waals surface area contributed by atoms with E-state index in [2.05, 4.69) is 76.3 Å². The molecule has 31 heavy (non-hydrogen) atoms.